The molecule has 0 saturated carbocycles. The van der Waals surface area contributed by atoms with E-state index in [1.54, 1.807) is 17.0 Å². The molecule has 2 aromatic heterocycles. The number of H-pyrrole nitrogens is 1. The minimum atomic E-state index is -0.353. The van der Waals surface area contributed by atoms with Gasteiger partial charge in [0.05, 0.1) is 24.4 Å². The van der Waals surface area contributed by atoms with E-state index in [9.17, 15) is 9.18 Å². The molecule has 2 aromatic carbocycles. The number of hydrogen-bond donors (Lipinski definition) is 1. The number of aromatic amines is 1. The Kier molecular flexibility index (Phi) is 5.64. The third kappa shape index (κ3) is 4.36. The first-order valence-electron chi connectivity index (χ1n) is 11.0. The minimum Gasteiger partial charge on any atom is -0.368 e. The summed E-state index contributed by atoms with van der Waals surface area (Å²) in [4.78, 5) is 19.7. The van der Waals surface area contributed by atoms with Gasteiger partial charge < -0.3 is 9.64 Å². The summed E-state index contributed by atoms with van der Waals surface area (Å²) in [6.07, 6.45) is 0.116. The fourth-order valence-corrected chi connectivity index (χ4v) is 4.35. The lowest BCUT2D eigenvalue weighted by Crippen LogP contribution is -2.42. The maximum atomic E-state index is 14.1. The van der Waals surface area contributed by atoms with Crippen LogP contribution < -0.4 is 0 Å². The van der Waals surface area contributed by atoms with Crippen molar-refractivity contribution in [1.29, 1.82) is 0 Å². The van der Waals surface area contributed by atoms with Crippen LogP contribution >= 0.6 is 0 Å². The van der Waals surface area contributed by atoms with Crippen molar-refractivity contribution >= 4 is 16.8 Å². The molecule has 1 fully saturated rings. The van der Waals surface area contributed by atoms with Gasteiger partial charge in [0, 0.05) is 24.0 Å². The number of aryl methyl sites for hydroxylation is 2. The average Bonchev–Trinajstić information content (AvgIpc) is 3.23. The largest absolute Gasteiger partial charge is 0.368 e. The fourth-order valence-electron chi connectivity index (χ4n) is 4.35. The summed E-state index contributed by atoms with van der Waals surface area (Å²) in [5.74, 6) is -0.347. The third-order valence-electron chi connectivity index (χ3n) is 5.99. The number of rotatable bonds is 4. The van der Waals surface area contributed by atoms with E-state index in [4.69, 9.17) is 4.74 Å². The van der Waals surface area contributed by atoms with Crippen molar-refractivity contribution in [2.75, 3.05) is 19.7 Å². The Balaban J connectivity index is 1.38. The summed E-state index contributed by atoms with van der Waals surface area (Å²) in [5, 5.41) is 8.06. The highest BCUT2D eigenvalue weighted by Gasteiger charge is 2.29. The molecule has 6 nitrogen and oxygen atoms in total. The van der Waals surface area contributed by atoms with Crippen LogP contribution in [0.2, 0.25) is 0 Å². The second-order valence-corrected chi connectivity index (χ2v) is 8.54. The Morgan fingerprint density at radius 1 is 1.18 bits per heavy atom. The number of carbonyl (C=O) groups is 1. The topological polar surface area (TPSA) is 71.1 Å². The van der Waals surface area contributed by atoms with Crippen molar-refractivity contribution in [3.05, 3.63) is 94.2 Å². The molecular weight excluding hydrogens is 419 g/mol. The van der Waals surface area contributed by atoms with Gasteiger partial charge in [-0.3, -0.25) is 14.9 Å². The van der Waals surface area contributed by atoms with Crippen molar-refractivity contribution in [3.63, 3.8) is 0 Å². The van der Waals surface area contributed by atoms with E-state index in [0.29, 0.717) is 37.4 Å². The van der Waals surface area contributed by atoms with Crippen LogP contribution in [0.4, 0.5) is 4.39 Å². The molecule has 1 amide bonds. The van der Waals surface area contributed by atoms with Crippen molar-refractivity contribution < 1.29 is 13.9 Å². The first-order valence-corrected chi connectivity index (χ1v) is 11.0. The Bertz CT molecular complexity index is 1330. The van der Waals surface area contributed by atoms with Gasteiger partial charge in [-0.2, -0.15) is 5.10 Å². The molecule has 4 aromatic rings. The van der Waals surface area contributed by atoms with Gasteiger partial charge in [-0.05, 0) is 55.3 Å². The van der Waals surface area contributed by atoms with Crippen molar-refractivity contribution in [1.82, 2.24) is 20.1 Å². The zero-order valence-electron chi connectivity index (χ0n) is 18.6. The first kappa shape index (κ1) is 21.3. The summed E-state index contributed by atoms with van der Waals surface area (Å²) in [5.41, 5.74) is 5.52. The smallest absolute Gasteiger partial charge is 0.275 e. The molecule has 1 unspecified atom stereocenters. The first-order chi connectivity index (χ1) is 16.0. The second-order valence-electron chi connectivity index (χ2n) is 8.54. The van der Waals surface area contributed by atoms with E-state index in [1.165, 1.54) is 6.07 Å². The predicted molar refractivity (Wildman–Crippen MR) is 124 cm³/mol. The van der Waals surface area contributed by atoms with Crippen LogP contribution in [-0.4, -0.2) is 45.7 Å². The third-order valence-corrected chi connectivity index (χ3v) is 5.99. The summed E-state index contributed by atoms with van der Waals surface area (Å²) < 4.78 is 20.1. The normalized spacial score (nSPS) is 16.3. The Labute approximate surface area is 191 Å². The molecule has 0 bridgehead atoms. The van der Waals surface area contributed by atoms with Crippen LogP contribution in [0.5, 0.6) is 0 Å². The highest BCUT2D eigenvalue weighted by molar-refractivity contribution is 6.04. The summed E-state index contributed by atoms with van der Waals surface area (Å²) in [6.45, 7) is 5.19. The molecule has 1 saturated heterocycles. The number of amides is 1. The molecule has 1 aliphatic rings. The number of ether oxygens (including phenoxy) is 1. The minimum absolute atomic E-state index is 0.126. The number of carbonyl (C=O) groups excluding carboxylic acids is 1. The SMILES string of the molecule is Cc1ccc2[nH]nc(C(=O)N3CCOC(c4cc(Cc5ccccc5F)cc(C)n4)C3)c2c1. The van der Waals surface area contributed by atoms with Gasteiger partial charge in [0.1, 0.15) is 11.9 Å². The summed E-state index contributed by atoms with van der Waals surface area (Å²) in [6, 6.07) is 16.6. The highest BCUT2D eigenvalue weighted by atomic mass is 19.1. The van der Waals surface area contributed by atoms with Gasteiger partial charge in [0.25, 0.3) is 5.91 Å². The number of benzene rings is 2. The molecule has 0 aliphatic carbocycles. The lowest BCUT2D eigenvalue weighted by atomic mass is 10.0. The number of morpholine rings is 1. The molecule has 33 heavy (non-hydrogen) atoms. The second kappa shape index (κ2) is 8.75. The zero-order valence-corrected chi connectivity index (χ0v) is 18.6. The van der Waals surface area contributed by atoms with Gasteiger partial charge in [-0.25, -0.2) is 4.39 Å². The van der Waals surface area contributed by atoms with E-state index in [-0.39, 0.29) is 17.8 Å². The maximum Gasteiger partial charge on any atom is 0.275 e. The van der Waals surface area contributed by atoms with Crippen LogP contribution in [0.25, 0.3) is 10.9 Å². The van der Waals surface area contributed by atoms with Crippen LogP contribution in [0, 0.1) is 19.7 Å². The number of hydrogen-bond acceptors (Lipinski definition) is 4. The van der Waals surface area contributed by atoms with E-state index in [1.807, 2.05) is 50.2 Å². The Morgan fingerprint density at radius 3 is 2.88 bits per heavy atom. The lowest BCUT2D eigenvalue weighted by molar-refractivity contribution is -0.0249. The van der Waals surface area contributed by atoms with Gasteiger partial charge in [-0.15, -0.1) is 0 Å². The predicted octanol–water partition coefficient (Wildman–Crippen LogP) is 4.52. The highest BCUT2D eigenvalue weighted by Crippen LogP contribution is 2.26. The molecule has 168 valence electrons. The summed E-state index contributed by atoms with van der Waals surface area (Å²) >= 11 is 0. The molecule has 1 atom stereocenters. The summed E-state index contributed by atoms with van der Waals surface area (Å²) in [7, 11) is 0. The molecule has 3 heterocycles. The van der Waals surface area contributed by atoms with Crippen LogP contribution in [0.15, 0.2) is 54.6 Å². The molecule has 0 radical (unpaired) electrons. The van der Waals surface area contributed by atoms with Crippen molar-refractivity contribution in [2.45, 2.75) is 26.4 Å². The van der Waals surface area contributed by atoms with E-state index in [2.05, 4.69) is 15.2 Å². The van der Waals surface area contributed by atoms with E-state index < -0.39 is 0 Å². The number of pyridine rings is 1. The Hall–Kier alpha value is -3.58. The average molecular weight is 445 g/mol. The Morgan fingerprint density at radius 2 is 2.03 bits per heavy atom. The number of halogens is 1. The number of nitrogens with one attached hydrogen (secondary N) is 1. The number of fused-ring (bicyclic) bond motifs is 1. The fraction of sp³-hybridized carbons (Fsp3) is 0.269. The van der Waals surface area contributed by atoms with Gasteiger partial charge >= 0.3 is 0 Å². The lowest BCUT2D eigenvalue weighted by Gasteiger charge is -2.32. The van der Waals surface area contributed by atoms with E-state index in [0.717, 1.165) is 33.4 Å². The number of nitrogens with zero attached hydrogens (tertiary/aromatic N) is 3. The zero-order chi connectivity index (χ0) is 22.9. The van der Waals surface area contributed by atoms with Gasteiger partial charge in [-0.1, -0.05) is 29.8 Å². The van der Waals surface area contributed by atoms with Crippen molar-refractivity contribution in [3.8, 4) is 0 Å². The van der Waals surface area contributed by atoms with Crippen molar-refractivity contribution in [2.24, 2.45) is 0 Å². The van der Waals surface area contributed by atoms with Gasteiger partial charge in [0.15, 0.2) is 5.69 Å². The molecule has 1 N–H and O–H groups in total. The van der Waals surface area contributed by atoms with Crippen LogP contribution in [-0.2, 0) is 11.2 Å². The quantitative estimate of drug-likeness (QED) is 0.503. The standard InChI is InChI=1S/C26H25FN4O2/c1-16-7-8-22-20(11-16)25(30-29-22)26(32)31-9-10-33-24(15-31)23-14-18(12-17(2)28-23)13-19-5-3-4-6-21(19)27/h3-8,11-12,14,24H,9-10,13,15H2,1-2H3,(H,29,30). The maximum absolute atomic E-state index is 14.1. The van der Waals surface area contributed by atoms with Gasteiger partial charge in [0.2, 0.25) is 0 Å². The monoisotopic (exact) mass is 444 g/mol. The number of aromatic nitrogens is 3. The molecule has 5 rings (SSSR count). The molecule has 7 heteroatoms. The van der Waals surface area contributed by atoms with Crippen LogP contribution in [0.1, 0.15) is 44.7 Å². The molecule has 1 aliphatic heterocycles. The molecule has 0 spiro atoms. The van der Waals surface area contributed by atoms with E-state index >= 15 is 0 Å². The molecular formula is C26H25FN4O2. The van der Waals surface area contributed by atoms with Crippen LogP contribution in [0.3, 0.4) is 0 Å².